The van der Waals surface area contributed by atoms with Crippen LogP contribution in [0, 0.1) is 5.82 Å². The van der Waals surface area contributed by atoms with Gasteiger partial charge in [-0.3, -0.25) is 0 Å². The molecule has 0 fully saturated rings. The molecule has 0 aliphatic heterocycles. The van der Waals surface area contributed by atoms with Crippen LogP contribution in [-0.2, 0) is 0 Å². The summed E-state index contributed by atoms with van der Waals surface area (Å²) in [5.74, 6) is 0.594. The normalized spacial score (nSPS) is 12.2. The third kappa shape index (κ3) is 3.00. The Morgan fingerprint density at radius 2 is 1.83 bits per heavy atom. The van der Waals surface area contributed by atoms with Crippen LogP contribution in [0.5, 0.6) is 11.5 Å². The van der Waals surface area contributed by atoms with Crippen molar-refractivity contribution in [3.63, 3.8) is 0 Å². The highest BCUT2D eigenvalue weighted by Crippen LogP contribution is 2.30. The molecule has 94 valence electrons. The molecule has 0 radical (unpaired) electrons. The van der Waals surface area contributed by atoms with Crippen molar-refractivity contribution >= 4 is 11.6 Å². The van der Waals surface area contributed by atoms with Gasteiger partial charge in [-0.1, -0.05) is 11.6 Å². The molecule has 0 bridgehead atoms. The molecule has 4 heteroatoms. The number of hydrogen-bond donors (Lipinski definition) is 1. The molecular formula is C14H12ClFO2. The second-order valence-corrected chi connectivity index (χ2v) is 4.35. The molecule has 1 N–H and O–H groups in total. The SMILES string of the molecule is CC(O)c1cc(F)ccc1Oc1ccc(Cl)cc1. The zero-order valence-corrected chi connectivity index (χ0v) is 10.5. The van der Waals surface area contributed by atoms with E-state index in [9.17, 15) is 9.50 Å². The largest absolute Gasteiger partial charge is 0.457 e. The average molecular weight is 267 g/mol. The molecular weight excluding hydrogens is 255 g/mol. The lowest BCUT2D eigenvalue weighted by atomic mass is 10.1. The number of hydrogen-bond acceptors (Lipinski definition) is 2. The van der Waals surface area contributed by atoms with E-state index in [1.54, 1.807) is 31.2 Å². The Hall–Kier alpha value is -1.58. The molecule has 2 aromatic carbocycles. The van der Waals surface area contributed by atoms with E-state index in [2.05, 4.69) is 0 Å². The van der Waals surface area contributed by atoms with Gasteiger partial charge in [0.15, 0.2) is 0 Å². The Labute approximate surface area is 110 Å². The molecule has 0 aliphatic rings. The molecule has 0 amide bonds. The molecule has 18 heavy (non-hydrogen) atoms. The van der Waals surface area contributed by atoms with Crippen LogP contribution >= 0.6 is 11.6 Å². The van der Waals surface area contributed by atoms with Crippen LogP contribution < -0.4 is 4.74 Å². The molecule has 1 atom stereocenters. The third-order valence-corrected chi connectivity index (χ3v) is 2.72. The number of ether oxygens (including phenoxy) is 1. The van der Waals surface area contributed by atoms with E-state index in [0.717, 1.165) is 0 Å². The maximum atomic E-state index is 13.1. The first-order valence-corrected chi connectivity index (χ1v) is 5.85. The van der Waals surface area contributed by atoms with Crippen LogP contribution in [0.4, 0.5) is 4.39 Å². The lowest BCUT2D eigenvalue weighted by Crippen LogP contribution is -1.97. The van der Waals surface area contributed by atoms with Crippen LogP contribution in [0.3, 0.4) is 0 Å². The summed E-state index contributed by atoms with van der Waals surface area (Å²) in [6.07, 6.45) is -0.803. The summed E-state index contributed by atoms with van der Waals surface area (Å²) in [5.41, 5.74) is 0.407. The molecule has 2 aromatic rings. The van der Waals surface area contributed by atoms with Crippen molar-refractivity contribution in [2.24, 2.45) is 0 Å². The van der Waals surface area contributed by atoms with Gasteiger partial charge in [-0.15, -0.1) is 0 Å². The van der Waals surface area contributed by atoms with E-state index in [0.29, 0.717) is 22.1 Å². The van der Waals surface area contributed by atoms with Crippen molar-refractivity contribution in [1.82, 2.24) is 0 Å². The van der Waals surface area contributed by atoms with Gasteiger partial charge < -0.3 is 9.84 Å². The van der Waals surface area contributed by atoms with Crippen LogP contribution in [0.25, 0.3) is 0 Å². The first-order valence-electron chi connectivity index (χ1n) is 5.47. The highest BCUT2D eigenvalue weighted by Gasteiger charge is 2.11. The maximum Gasteiger partial charge on any atom is 0.133 e. The summed E-state index contributed by atoms with van der Waals surface area (Å²) >= 11 is 5.77. The van der Waals surface area contributed by atoms with Gasteiger partial charge in [0.2, 0.25) is 0 Å². The minimum atomic E-state index is -0.803. The summed E-state index contributed by atoms with van der Waals surface area (Å²) in [5, 5.41) is 10.2. The molecule has 0 aromatic heterocycles. The van der Waals surface area contributed by atoms with Gasteiger partial charge in [0, 0.05) is 10.6 Å². The lowest BCUT2D eigenvalue weighted by molar-refractivity contribution is 0.195. The zero-order valence-electron chi connectivity index (χ0n) is 9.73. The summed E-state index contributed by atoms with van der Waals surface area (Å²) in [6.45, 7) is 1.56. The van der Waals surface area contributed by atoms with Gasteiger partial charge in [0.25, 0.3) is 0 Å². The van der Waals surface area contributed by atoms with Gasteiger partial charge in [-0.25, -0.2) is 4.39 Å². The minimum absolute atomic E-state index is 0.407. The summed E-state index contributed by atoms with van der Waals surface area (Å²) in [4.78, 5) is 0. The highest BCUT2D eigenvalue weighted by atomic mass is 35.5. The predicted octanol–water partition coefficient (Wildman–Crippen LogP) is 4.32. The van der Waals surface area contributed by atoms with Gasteiger partial charge in [0.1, 0.15) is 17.3 Å². The fourth-order valence-corrected chi connectivity index (χ4v) is 1.69. The number of benzene rings is 2. The second kappa shape index (κ2) is 5.38. The number of halogens is 2. The molecule has 0 aliphatic carbocycles. The Bertz CT molecular complexity index is 538. The monoisotopic (exact) mass is 266 g/mol. The van der Waals surface area contributed by atoms with E-state index >= 15 is 0 Å². The molecule has 2 rings (SSSR count). The topological polar surface area (TPSA) is 29.5 Å². The van der Waals surface area contributed by atoms with E-state index in [4.69, 9.17) is 16.3 Å². The first-order chi connectivity index (χ1) is 8.56. The number of aliphatic hydroxyl groups is 1. The van der Waals surface area contributed by atoms with Gasteiger partial charge >= 0.3 is 0 Å². The molecule has 0 saturated heterocycles. The molecule has 0 spiro atoms. The molecule has 0 heterocycles. The van der Waals surface area contributed by atoms with Gasteiger partial charge in [0.05, 0.1) is 6.10 Å². The molecule has 2 nitrogen and oxygen atoms in total. The Morgan fingerprint density at radius 3 is 2.44 bits per heavy atom. The second-order valence-electron chi connectivity index (χ2n) is 3.91. The number of aliphatic hydroxyl groups excluding tert-OH is 1. The lowest BCUT2D eigenvalue weighted by Gasteiger charge is -2.13. The standard InChI is InChI=1S/C14H12ClFO2/c1-9(17)13-8-11(16)4-7-14(13)18-12-5-2-10(15)3-6-12/h2-9,17H,1H3. The van der Waals surface area contributed by atoms with Crippen molar-refractivity contribution < 1.29 is 14.2 Å². The average Bonchev–Trinajstić information content (AvgIpc) is 2.34. The first kappa shape index (κ1) is 12.9. The van der Waals surface area contributed by atoms with E-state index < -0.39 is 11.9 Å². The summed E-state index contributed by atoms with van der Waals surface area (Å²) < 4.78 is 18.7. The Morgan fingerprint density at radius 1 is 1.17 bits per heavy atom. The van der Waals surface area contributed by atoms with Crippen molar-refractivity contribution in [3.8, 4) is 11.5 Å². The quantitative estimate of drug-likeness (QED) is 0.896. The van der Waals surface area contributed by atoms with Gasteiger partial charge in [-0.2, -0.15) is 0 Å². The number of rotatable bonds is 3. The predicted molar refractivity (Wildman–Crippen MR) is 68.6 cm³/mol. The van der Waals surface area contributed by atoms with Crippen LogP contribution in [-0.4, -0.2) is 5.11 Å². The third-order valence-electron chi connectivity index (χ3n) is 2.46. The fourth-order valence-electron chi connectivity index (χ4n) is 1.57. The van der Waals surface area contributed by atoms with Crippen molar-refractivity contribution in [1.29, 1.82) is 0 Å². The van der Waals surface area contributed by atoms with Crippen molar-refractivity contribution in [3.05, 3.63) is 58.9 Å². The van der Waals surface area contributed by atoms with Crippen LogP contribution in [0.15, 0.2) is 42.5 Å². The Kier molecular flexibility index (Phi) is 3.84. The Balaban J connectivity index is 2.31. The maximum absolute atomic E-state index is 13.1. The van der Waals surface area contributed by atoms with Crippen LogP contribution in [0.2, 0.25) is 5.02 Å². The van der Waals surface area contributed by atoms with E-state index in [-0.39, 0.29) is 0 Å². The highest BCUT2D eigenvalue weighted by molar-refractivity contribution is 6.30. The zero-order chi connectivity index (χ0) is 13.1. The fraction of sp³-hybridized carbons (Fsp3) is 0.143. The minimum Gasteiger partial charge on any atom is -0.457 e. The van der Waals surface area contributed by atoms with Crippen molar-refractivity contribution in [2.75, 3.05) is 0 Å². The smallest absolute Gasteiger partial charge is 0.133 e. The van der Waals surface area contributed by atoms with Crippen LogP contribution in [0.1, 0.15) is 18.6 Å². The molecule has 1 unspecified atom stereocenters. The summed E-state index contributed by atoms with van der Waals surface area (Å²) in [6, 6.07) is 10.8. The summed E-state index contributed by atoms with van der Waals surface area (Å²) in [7, 11) is 0. The molecule has 0 saturated carbocycles. The van der Waals surface area contributed by atoms with E-state index in [1.807, 2.05) is 0 Å². The van der Waals surface area contributed by atoms with E-state index in [1.165, 1.54) is 18.2 Å². The van der Waals surface area contributed by atoms with Crippen molar-refractivity contribution in [2.45, 2.75) is 13.0 Å². The van der Waals surface area contributed by atoms with Gasteiger partial charge in [-0.05, 0) is 49.4 Å².